The van der Waals surface area contributed by atoms with Crippen molar-refractivity contribution in [3.63, 3.8) is 0 Å². The average Bonchev–Trinajstić information content (AvgIpc) is 3.02. The summed E-state index contributed by atoms with van der Waals surface area (Å²) in [5.74, 6) is -0.0312. The molecule has 0 N–H and O–H groups in total. The van der Waals surface area contributed by atoms with Gasteiger partial charge in [0.1, 0.15) is 0 Å². The van der Waals surface area contributed by atoms with Crippen LogP contribution >= 0.6 is 0 Å². The number of carbonyl (C=O) groups is 3. The number of piperazine rings is 1. The minimum Gasteiger partial charge on any atom is -0.339 e. The van der Waals surface area contributed by atoms with E-state index < -0.39 is 0 Å². The van der Waals surface area contributed by atoms with Gasteiger partial charge in [0.25, 0.3) is 0 Å². The molecule has 0 aromatic heterocycles. The van der Waals surface area contributed by atoms with Crippen LogP contribution in [0.15, 0.2) is 30.3 Å². The van der Waals surface area contributed by atoms with Crippen molar-refractivity contribution in [3.05, 3.63) is 35.9 Å². The Bertz CT molecular complexity index is 639. The normalized spacial score (nSPS) is 20.9. The Morgan fingerprint density at radius 3 is 2.32 bits per heavy atom. The molecule has 2 saturated heterocycles. The molecule has 2 fully saturated rings. The van der Waals surface area contributed by atoms with Crippen molar-refractivity contribution >= 4 is 17.7 Å². The zero-order chi connectivity index (χ0) is 17.8. The van der Waals surface area contributed by atoms with Crippen LogP contribution < -0.4 is 0 Å². The zero-order valence-corrected chi connectivity index (χ0v) is 14.7. The average molecular weight is 343 g/mol. The van der Waals surface area contributed by atoms with Gasteiger partial charge in [0.2, 0.25) is 17.7 Å². The van der Waals surface area contributed by atoms with Crippen molar-refractivity contribution in [1.29, 1.82) is 0 Å². The summed E-state index contributed by atoms with van der Waals surface area (Å²) >= 11 is 0. The first kappa shape index (κ1) is 17.5. The Kier molecular flexibility index (Phi) is 5.36. The Hall–Kier alpha value is -2.37. The van der Waals surface area contributed by atoms with Gasteiger partial charge in [0, 0.05) is 52.1 Å². The first-order chi connectivity index (χ1) is 12.1. The van der Waals surface area contributed by atoms with Gasteiger partial charge in [0.15, 0.2) is 0 Å². The zero-order valence-electron chi connectivity index (χ0n) is 14.7. The molecule has 0 aliphatic carbocycles. The number of hydrogen-bond acceptors (Lipinski definition) is 3. The summed E-state index contributed by atoms with van der Waals surface area (Å²) in [5, 5.41) is 0. The topological polar surface area (TPSA) is 60.9 Å². The number of benzene rings is 1. The van der Waals surface area contributed by atoms with Crippen LogP contribution in [0.25, 0.3) is 0 Å². The molecule has 2 aliphatic rings. The lowest BCUT2D eigenvalue weighted by atomic mass is 10.1. The van der Waals surface area contributed by atoms with Crippen molar-refractivity contribution < 1.29 is 14.4 Å². The van der Waals surface area contributed by atoms with Crippen LogP contribution in [0.4, 0.5) is 0 Å². The number of hydrogen-bond donors (Lipinski definition) is 0. The van der Waals surface area contributed by atoms with Crippen LogP contribution in [-0.4, -0.2) is 65.1 Å². The first-order valence-corrected chi connectivity index (χ1v) is 8.96. The molecule has 1 aromatic carbocycles. The Balaban J connectivity index is 1.54. The minimum absolute atomic E-state index is 0.0435. The van der Waals surface area contributed by atoms with Gasteiger partial charge in [-0.05, 0) is 5.56 Å². The fourth-order valence-corrected chi connectivity index (χ4v) is 3.55. The minimum atomic E-state index is -0.260. The van der Waals surface area contributed by atoms with Gasteiger partial charge in [-0.1, -0.05) is 37.3 Å². The monoisotopic (exact) mass is 343 g/mol. The molecule has 25 heavy (non-hydrogen) atoms. The highest BCUT2D eigenvalue weighted by Gasteiger charge is 2.37. The lowest BCUT2D eigenvalue weighted by Gasteiger charge is -2.35. The molecular formula is C19H25N3O3. The van der Waals surface area contributed by atoms with Crippen molar-refractivity contribution in [2.24, 2.45) is 5.92 Å². The molecule has 0 bridgehead atoms. The second-order valence-corrected chi connectivity index (χ2v) is 6.72. The molecule has 3 rings (SSSR count). The summed E-state index contributed by atoms with van der Waals surface area (Å²) in [6.45, 7) is 5.20. The van der Waals surface area contributed by atoms with Crippen LogP contribution in [0.1, 0.15) is 25.3 Å². The summed E-state index contributed by atoms with van der Waals surface area (Å²) in [6.07, 6.45) is 0.791. The summed E-state index contributed by atoms with van der Waals surface area (Å²) in [5.41, 5.74) is 1.08. The molecule has 0 saturated carbocycles. The Labute approximate surface area is 148 Å². The van der Waals surface area contributed by atoms with E-state index in [9.17, 15) is 14.4 Å². The highest BCUT2D eigenvalue weighted by atomic mass is 16.2. The molecule has 1 unspecified atom stereocenters. The second kappa shape index (κ2) is 7.68. The van der Waals surface area contributed by atoms with Crippen LogP contribution in [0, 0.1) is 5.92 Å². The van der Waals surface area contributed by atoms with E-state index in [2.05, 4.69) is 0 Å². The van der Waals surface area contributed by atoms with Gasteiger partial charge in [-0.15, -0.1) is 0 Å². The molecule has 3 amide bonds. The Morgan fingerprint density at radius 1 is 1.04 bits per heavy atom. The maximum atomic E-state index is 12.7. The van der Waals surface area contributed by atoms with Gasteiger partial charge in [0.05, 0.1) is 5.92 Å². The van der Waals surface area contributed by atoms with Crippen LogP contribution in [0.3, 0.4) is 0 Å². The van der Waals surface area contributed by atoms with E-state index in [0.29, 0.717) is 52.1 Å². The van der Waals surface area contributed by atoms with E-state index in [1.54, 1.807) is 4.90 Å². The van der Waals surface area contributed by atoms with E-state index >= 15 is 0 Å². The van der Waals surface area contributed by atoms with E-state index in [1.165, 1.54) is 0 Å². The van der Waals surface area contributed by atoms with Gasteiger partial charge in [-0.3, -0.25) is 14.4 Å². The summed E-state index contributed by atoms with van der Waals surface area (Å²) in [4.78, 5) is 42.1. The van der Waals surface area contributed by atoms with Gasteiger partial charge in [-0.2, -0.15) is 0 Å². The maximum absolute atomic E-state index is 12.7. The highest BCUT2D eigenvalue weighted by molar-refractivity contribution is 5.89. The third-order valence-corrected chi connectivity index (χ3v) is 5.03. The molecule has 2 heterocycles. The number of amides is 3. The molecule has 0 spiro atoms. The van der Waals surface area contributed by atoms with Crippen LogP contribution in [0.2, 0.25) is 0 Å². The third kappa shape index (κ3) is 4.00. The summed E-state index contributed by atoms with van der Waals surface area (Å²) < 4.78 is 0. The SMILES string of the molecule is CCC(=O)N1CCN(C(=O)C2CC(=O)N(Cc3ccccc3)C2)CC1. The number of nitrogens with zero attached hydrogens (tertiary/aromatic N) is 3. The highest BCUT2D eigenvalue weighted by Crippen LogP contribution is 2.23. The van der Waals surface area contributed by atoms with Crippen LogP contribution in [0.5, 0.6) is 0 Å². The molecular weight excluding hydrogens is 318 g/mol. The lowest BCUT2D eigenvalue weighted by Crippen LogP contribution is -2.52. The summed E-state index contributed by atoms with van der Waals surface area (Å²) in [6, 6.07) is 9.84. The molecule has 1 aromatic rings. The predicted octanol–water partition coefficient (Wildman–Crippen LogP) is 1.12. The second-order valence-electron chi connectivity index (χ2n) is 6.72. The number of likely N-dealkylation sites (tertiary alicyclic amines) is 1. The molecule has 6 heteroatoms. The largest absolute Gasteiger partial charge is 0.339 e. The van der Waals surface area contributed by atoms with Gasteiger partial charge >= 0.3 is 0 Å². The Morgan fingerprint density at radius 2 is 1.68 bits per heavy atom. The van der Waals surface area contributed by atoms with E-state index in [4.69, 9.17) is 0 Å². The van der Waals surface area contributed by atoms with Gasteiger partial charge in [-0.25, -0.2) is 0 Å². The van der Waals surface area contributed by atoms with Crippen molar-refractivity contribution in [3.8, 4) is 0 Å². The quantitative estimate of drug-likeness (QED) is 0.823. The molecule has 2 aliphatic heterocycles. The van der Waals surface area contributed by atoms with Crippen LogP contribution in [-0.2, 0) is 20.9 Å². The number of carbonyl (C=O) groups excluding carboxylic acids is 3. The van der Waals surface area contributed by atoms with E-state index in [-0.39, 0.29) is 23.6 Å². The predicted molar refractivity (Wildman–Crippen MR) is 93.4 cm³/mol. The van der Waals surface area contributed by atoms with Gasteiger partial charge < -0.3 is 14.7 Å². The first-order valence-electron chi connectivity index (χ1n) is 8.96. The smallest absolute Gasteiger partial charge is 0.228 e. The molecule has 1 atom stereocenters. The molecule has 6 nitrogen and oxygen atoms in total. The number of rotatable bonds is 4. The van der Waals surface area contributed by atoms with Crippen molar-refractivity contribution in [2.75, 3.05) is 32.7 Å². The summed E-state index contributed by atoms with van der Waals surface area (Å²) in [7, 11) is 0. The van der Waals surface area contributed by atoms with Crippen molar-refractivity contribution in [1.82, 2.24) is 14.7 Å². The fraction of sp³-hybridized carbons (Fsp3) is 0.526. The van der Waals surface area contributed by atoms with E-state index in [1.807, 2.05) is 47.1 Å². The standard InChI is InChI=1S/C19H25N3O3/c1-2-17(23)20-8-10-21(11-9-20)19(25)16-12-18(24)22(14-16)13-15-6-4-3-5-7-15/h3-7,16H,2,8-14H2,1H3. The molecule has 0 radical (unpaired) electrons. The molecule has 134 valence electrons. The van der Waals surface area contributed by atoms with E-state index in [0.717, 1.165) is 5.56 Å². The lowest BCUT2D eigenvalue weighted by molar-refractivity contribution is -0.141. The van der Waals surface area contributed by atoms with Crippen molar-refractivity contribution in [2.45, 2.75) is 26.3 Å². The maximum Gasteiger partial charge on any atom is 0.228 e. The third-order valence-electron chi connectivity index (χ3n) is 5.03. The fourth-order valence-electron chi connectivity index (χ4n) is 3.55.